The van der Waals surface area contributed by atoms with Crippen LogP contribution in [0.2, 0.25) is 0 Å². The van der Waals surface area contributed by atoms with E-state index in [-0.39, 0.29) is 0 Å². The van der Waals surface area contributed by atoms with Crippen molar-refractivity contribution in [3.05, 3.63) is 53.6 Å². The van der Waals surface area contributed by atoms with Gasteiger partial charge in [-0.15, -0.1) is 0 Å². The molecule has 4 nitrogen and oxygen atoms in total. The lowest BCUT2D eigenvalue weighted by Crippen LogP contribution is -2.20. The Morgan fingerprint density at radius 1 is 1.27 bits per heavy atom. The summed E-state index contributed by atoms with van der Waals surface area (Å²) in [6, 6.07) is 8.26. The molecule has 2 aromatic carbocycles. The summed E-state index contributed by atoms with van der Waals surface area (Å²) in [5.41, 5.74) is 0.635. The van der Waals surface area contributed by atoms with Gasteiger partial charge in [-0.1, -0.05) is 12.1 Å². The zero-order valence-corrected chi connectivity index (χ0v) is 12.2. The molecule has 0 unspecified atom stereocenters. The number of halogens is 2. The molecule has 0 aliphatic rings. The van der Waals surface area contributed by atoms with Crippen LogP contribution < -0.4 is 10.2 Å². The molecule has 0 fully saturated rings. The normalized spacial score (nSPS) is 10.4. The van der Waals surface area contributed by atoms with Gasteiger partial charge >= 0.3 is 0 Å². The molecular weight excluding hydrogens is 290 g/mol. The first-order valence-electron chi connectivity index (χ1n) is 6.73. The maximum absolute atomic E-state index is 13.7. The molecule has 116 valence electrons. The molecule has 0 bridgehead atoms. The average molecular weight is 306 g/mol. The predicted octanol–water partition coefficient (Wildman–Crippen LogP) is 3.38. The zero-order valence-electron chi connectivity index (χ0n) is 12.2. The van der Waals surface area contributed by atoms with Crippen molar-refractivity contribution < 1.29 is 18.7 Å². The topological polar surface area (TPSA) is 52.6 Å². The lowest BCUT2D eigenvalue weighted by Gasteiger charge is -2.21. The third-order valence-corrected chi connectivity index (χ3v) is 3.30. The van der Waals surface area contributed by atoms with Crippen molar-refractivity contribution in [2.75, 3.05) is 23.8 Å². The molecule has 2 N–H and O–H groups in total. The highest BCUT2D eigenvalue weighted by atomic mass is 19.1. The number of hydrogen-bond acceptors (Lipinski definition) is 3. The Labute approximate surface area is 127 Å². The highest BCUT2D eigenvalue weighted by Crippen LogP contribution is 2.27. The molecule has 2 aromatic rings. The Hall–Kier alpha value is -2.63. The fourth-order valence-electron chi connectivity index (χ4n) is 2.05. The Balaban J connectivity index is 2.35. The van der Waals surface area contributed by atoms with Crippen molar-refractivity contribution in [3.8, 4) is 5.75 Å². The molecule has 0 aromatic heterocycles. The molecule has 1 amide bonds. The highest BCUT2D eigenvalue weighted by Gasteiger charge is 2.19. The monoisotopic (exact) mass is 306 g/mol. The number of phenolic OH excluding ortho intramolecular Hbond substituents is 1. The maximum atomic E-state index is 13.7. The second-order valence-electron chi connectivity index (χ2n) is 4.77. The molecular formula is C16H16F2N2O2. The average Bonchev–Trinajstić information content (AvgIpc) is 2.46. The number of benzene rings is 2. The minimum absolute atomic E-state index is 0.472. The van der Waals surface area contributed by atoms with Crippen LogP contribution in [-0.4, -0.2) is 24.6 Å². The molecule has 0 radical (unpaired) electrons. The minimum atomic E-state index is -1.11. The second kappa shape index (κ2) is 6.43. The number of nitrogens with zero attached hydrogens (tertiary/aromatic N) is 1. The summed E-state index contributed by atoms with van der Waals surface area (Å²) >= 11 is 0. The Kier molecular flexibility index (Phi) is 4.60. The van der Waals surface area contributed by atoms with Crippen LogP contribution in [0.1, 0.15) is 17.3 Å². The molecule has 2 rings (SSSR count). The van der Waals surface area contributed by atoms with Crippen LogP contribution in [0.4, 0.5) is 20.2 Å². The molecule has 0 spiro atoms. The largest absolute Gasteiger partial charge is 0.507 e. The van der Waals surface area contributed by atoms with E-state index in [4.69, 9.17) is 0 Å². The summed E-state index contributed by atoms with van der Waals surface area (Å²) < 4.78 is 26.7. The first kappa shape index (κ1) is 15.8. The fourth-order valence-corrected chi connectivity index (χ4v) is 2.05. The van der Waals surface area contributed by atoms with Crippen LogP contribution in [0.25, 0.3) is 0 Å². The highest BCUT2D eigenvalue weighted by molar-refractivity contribution is 6.07. The number of nitrogens with one attached hydrogen (secondary N) is 1. The van der Waals surface area contributed by atoms with Crippen LogP contribution >= 0.6 is 0 Å². The molecule has 0 atom stereocenters. The van der Waals surface area contributed by atoms with Crippen LogP contribution in [-0.2, 0) is 0 Å². The maximum Gasteiger partial charge on any atom is 0.262 e. The van der Waals surface area contributed by atoms with Gasteiger partial charge in [-0.3, -0.25) is 4.79 Å². The predicted molar refractivity (Wildman–Crippen MR) is 81.4 cm³/mol. The number of aromatic hydroxyl groups is 1. The molecule has 0 saturated carbocycles. The Morgan fingerprint density at radius 2 is 1.95 bits per heavy atom. The summed E-state index contributed by atoms with van der Waals surface area (Å²) in [5.74, 6) is -3.64. The van der Waals surface area contributed by atoms with Crippen LogP contribution in [0.5, 0.6) is 5.75 Å². The van der Waals surface area contributed by atoms with Gasteiger partial charge in [-0.05, 0) is 19.1 Å². The molecule has 0 saturated heterocycles. The van der Waals surface area contributed by atoms with Crippen molar-refractivity contribution >= 4 is 17.3 Å². The van der Waals surface area contributed by atoms with E-state index in [0.29, 0.717) is 24.4 Å². The smallest absolute Gasteiger partial charge is 0.262 e. The summed E-state index contributed by atoms with van der Waals surface area (Å²) in [7, 11) is 1.85. The van der Waals surface area contributed by atoms with E-state index >= 15 is 0 Å². The van der Waals surface area contributed by atoms with Gasteiger partial charge in [0.1, 0.15) is 22.9 Å². The lowest BCUT2D eigenvalue weighted by atomic mass is 10.1. The van der Waals surface area contributed by atoms with Crippen LogP contribution in [0, 0.1) is 11.6 Å². The van der Waals surface area contributed by atoms with Crippen molar-refractivity contribution in [1.82, 2.24) is 0 Å². The van der Waals surface area contributed by atoms with Gasteiger partial charge in [0.25, 0.3) is 5.91 Å². The minimum Gasteiger partial charge on any atom is -0.507 e. The summed E-state index contributed by atoms with van der Waals surface area (Å²) in [4.78, 5) is 14.1. The van der Waals surface area contributed by atoms with Gasteiger partial charge in [0.05, 0.1) is 11.4 Å². The van der Waals surface area contributed by atoms with E-state index in [9.17, 15) is 18.7 Å². The standard InChI is InChI=1S/C16H16F2N2O2/c1-3-20(2)13-7-5-4-6-12(13)19-16(22)15-11(18)8-10(17)9-14(15)21/h4-9,21H,3H2,1-2H3,(H,19,22). The molecule has 6 heteroatoms. The third kappa shape index (κ3) is 3.16. The number of para-hydroxylation sites is 2. The second-order valence-corrected chi connectivity index (χ2v) is 4.77. The molecule has 0 aliphatic carbocycles. The Morgan fingerprint density at radius 3 is 2.59 bits per heavy atom. The number of amides is 1. The summed E-state index contributed by atoms with van der Waals surface area (Å²) in [5, 5.41) is 12.1. The van der Waals surface area contributed by atoms with E-state index in [1.165, 1.54) is 0 Å². The zero-order chi connectivity index (χ0) is 16.3. The first-order chi connectivity index (χ1) is 10.4. The number of carbonyl (C=O) groups excluding carboxylic acids is 1. The number of hydrogen-bond donors (Lipinski definition) is 2. The van der Waals surface area contributed by atoms with Crippen LogP contribution in [0.3, 0.4) is 0 Å². The van der Waals surface area contributed by atoms with E-state index in [0.717, 1.165) is 5.69 Å². The number of carbonyl (C=O) groups is 1. The van der Waals surface area contributed by atoms with E-state index in [2.05, 4.69) is 5.32 Å². The number of phenols is 1. The van der Waals surface area contributed by atoms with Gasteiger partial charge in [-0.2, -0.15) is 0 Å². The molecule has 22 heavy (non-hydrogen) atoms. The number of anilines is 2. The molecule has 0 aliphatic heterocycles. The van der Waals surface area contributed by atoms with Crippen molar-refractivity contribution in [2.24, 2.45) is 0 Å². The lowest BCUT2D eigenvalue weighted by molar-refractivity contribution is 0.102. The van der Waals surface area contributed by atoms with E-state index < -0.39 is 28.9 Å². The SMILES string of the molecule is CCN(C)c1ccccc1NC(=O)c1c(O)cc(F)cc1F. The summed E-state index contributed by atoms with van der Waals surface area (Å²) in [6.07, 6.45) is 0. The van der Waals surface area contributed by atoms with Gasteiger partial charge in [0.2, 0.25) is 0 Å². The van der Waals surface area contributed by atoms with Gasteiger partial charge in [0, 0.05) is 25.7 Å². The van der Waals surface area contributed by atoms with Crippen molar-refractivity contribution in [1.29, 1.82) is 0 Å². The van der Waals surface area contributed by atoms with Crippen molar-refractivity contribution in [2.45, 2.75) is 6.92 Å². The third-order valence-electron chi connectivity index (χ3n) is 3.30. The van der Waals surface area contributed by atoms with Crippen LogP contribution in [0.15, 0.2) is 36.4 Å². The fraction of sp³-hybridized carbons (Fsp3) is 0.188. The number of rotatable bonds is 4. The van der Waals surface area contributed by atoms with Gasteiger partial charge < -0.3 is 15.3 Å². The van der Waals surface area contributed by atoms with Gasteiger partial charge in [-0.25, -0.2) is 8.78 Å². The summed E-state index contributed by atoms with van der Waals surface area (Å²) in [6.45, 7) is 2.66. The van der Waals surface area contributed by atoms with E-state index in [1.54, 1.807) is 18.2 Å². The van der Waals surface area contributed by atoms with Gasteiger partial charge in [0.15, 0.2) is 0 Å². The molecule has 0 heterocycles. The quantitative estimate of drug-likeness (QED) is 0.910. The first-order valence-corrected chi connectivity index (χ1v) is 6.73. The Bertz CT molecular complexity index is 681. The van der Waals surface area contributed by atoms with E-state index in [1.807, 2.05) is 24.9 Å². The van der Waals surface area contributed by atoms with Crippen molar-refractivity contribution in [3.63, 3.8) is 0 Å².